The van der Waals surface area contributed by atoms with Crippen molar-refractivity contribution < 1.29 is 20.3 Å². The van der Waals surface area contributed by atoms with Crippen molar-refractivity contribution in [3.05, 3.63) is 59.3 Å². The van der Waals surface area contributed by atoms with Crippen molar-refractivity contribution in [3.63, 3.8) is 0 Å². The summed E-state index contributed by atoms with van der Waals surface area (Å²) in [6, 6.07) is 13.0. The number of carboxylic acid groups (broad SMARTS) is 1. The van der Waals surface area contributed by atoms with Crippen LogP contribution in [0.5, 0.6) is 0 Å². The Labute approximate surface area is 113 Å². The fourth-order valence-electron chi connectivity index (χ4n) is 1.55. The van der Waals surface area contributed by atoms with E-state index >= 15 is 0 Å². The lowest BCUT2D eigenvalue weighted by atomic mass is 10.2. The van der Waals surface area contributed by atoms with Crippen LogP contribution in [0.15, 0.2) is 58.3 Å². The van der Waals surface area contributed by atoms with Crippen molar-refractivity contribution in [2.75, 3.05) is 0 Å². The molecule has 1 unspecified atom stereocenters. The molecular formula is C13H11NO4S. The number of nitrogens with one attached hydrogen (secondary N) is 1. The van der Waals surface area contributed by atoms with E-state index in [1.54, 1.807) is 30.3 Å². The average Bonchev–Trinajstić information content (AvgIpc) is 2.39. The second-order valence-electron chi connectivity index (χ2n) is 3.74. The maximum atomic E-state index is 11.1. The standard InChI is InChI=1S/C13H11NO4S/c15-13(16)11-6-1-2-7-12(11)19-10-5-3-4-9(8-10)14(17)18/h1-8,14,17H,(H,15,16). The van der Waals surface area contributed by atoms with Crippen molar-refractivity contribution in [2.24, 2.45) is 0 Å². The van der Waals surface area contributed by atoms with Gasteiger partial charge in [0.15, 0.2) is 5.69 Å². The lowest BCUT2D eigenvalue weighted by Crippen LogP contribution is -2.99. The minimum absolute atomic E-state index is 0.179. The van der Waals surface area contributed by atoms with Crippen LogP contribution in [0.3, 0.4) is 0 Å². The van der Waals surface area contributed by atoms with Crippen LogP contribution in [0.4, 0.5) is 5.69 Å². The van der Waals surface area contributed by atoms with Crippen LogP contribution in [0.1, 0.15) is 10.4 Å². The summed E-state index contributed by atoms with van der Waals surface area (Å²) >= 11 is 1.23. The highest BCUT2D eigenvalue weighted by atomic mass is 32.2. The molecule has 5 nitrogen and oxygen atoms in total. The Bertz CT molecular complexity index is 601. The van der Waals surface area contributed by atoms with E-state index < -0.39 is 11.2 Å². The van der Waals surface area contributed by atoms with Crippen molar-refractivity contribution in [1.29, 1.82) is 0 Å². The van der Waals surface area contributed by atoms with Gasteiger partial charge in [0, 0.05) is 21.9 Å². The first kappa shape index (κ1) is 13.6. The maximum Gasteiger partial charge on any atom is 0.336 e. The molecule has 0 heterocycles. The lowest BCUT2D eigenvalue weighted by molar-refractivity contribution is -0.991. The van der Waals surface area contributed by atoms with Crippen molar-refractivity contribution in [1.82, 2.24) is 0 Å². The molecule has 1 atom stereocenters. The minimum atomic E-state index is -1.01. The van der Waals surface area contributed by atoms with Crippen LogP contribution in [0.25, 0.3) is 0 Å². The van der Waals surface area contributed by atoms with Gasteiger partial charge in [0.25, 0.3) is 0 Å². The molecule has 19 heavy (non-hydrogen) atoms. The minimum Gasteiger partial charge on any atom is -0.595 e. The van der Waals surface area contributed by atoms with Gasteiger partial charge in [0.05, 0.1) is 5.56 Å². The second kappa shape index (κ2) is 5.85. The van der Waals surface area contributed by atoms with Gasteiger partial charge in [-0.15, -0.1) is 0 Å². The molecule has 0 aliphatic rings. The smallest absolute Gasteiger partial charge is 0.336 e. The van der Waals surface area contributed by atoms with Crippen LogP contribution in [0, 0.1) is 5.21 Å². The van der Waals surface area contributed by atoms with Crippen LogP contribution in [-0.2, 0) is 0 Å². The molecule has 0 aliphatic carbocycles. The molecule has 0 saturated carbocycles. The summed E-state index contributed by atoms with van der Waals surface area (Å²) < 4.78 is 0. The number of carboxylic acids is 1. The summed E-state index contributed by atoms with van der Waals surface area (Å²) in [7, 11) is 0. The average molecular weight is 277 g/mol. The van der Waals surface area contributed by atoms with E-state index in [9.17, 15) is 10.0 Å². The number of quaternary nitrogens is 1. The first-order chi connectivity index (χ1) is 9.08. The molecule has 2 aromatic carbocycles. The molecular weight excluding hydrogens is 266 g/mol. The van der Waals surface area contributed by atoms with E-state index in [0.29, 0.717) is 9.79 Å². The van der Waals surface area contributed by atoms with Crippen molar-refractivity contribution in [2.45, 2.75) is 9.79 Å². The van der Waals surface area contributed by atoms with Crippen molar-refractivity contribution in [3.8, 4) is 0 Å². The fourth-order valence-corrected chi connectivity index (χ4v) is 2.55. The summed E-state index contributed by atoms with van der Waals surface area (Å²) in [6.45, 7) is 0. The van der Waals surface area contributed by atoms with Gasteiger partial charge in [-0.2, -0.15) is 5.23 Å². The zero-order chi connectivity index (χ0) is 13.8. The molecule has 98 valence electrons. The van der Waals surface area contributed by atoms with Gasteiger partial charge in [-0.3, -0.25) is 0 Å². The van der Waals surface area contributed by atoms with Gasteiger partial charge in [-0.05, 0) is 18.2 Å². The van der Waals surface area contributed by atoms with Crippen LogP contribution in [-0.4, -0.2) is 16.3 Å². The third-order valence-electron chi connectivity index (χ3n) is 2.43. The molecule has 0 aliphatic heterocycles. The zero-order valence-corrected chi connectivity index (χ0v) is 10.6. The quantitative estimate of drug-likeness (QED) is 0.744. The molecule has 0 bridgehead atoms. The Morgan fingerprint density at radius 3 is 2.58 bits per heavy atom. The molecule has 0 saturated heterocycles. The molecule has 0 aromatic heterocycles. The third-order valence-corrected chi connectivity index (χ3v) is 3.49. The molecule has 6 heteroatoms. The highest BCUT2D eigenvalue weighted by Crippen LogP contribution is 2.31. The molecule has 2 rings (SSSR count). The summed E-state index contributed by atoms with van der Waals surface area (Å²) in [6.07, 6.45) is 0. The fraction of sp³-hybridized carbons (Fsp3) is 0. The largest absolute Gasteiger partial charge is 0.595 e. The third kappa shape index (κ3) is 3.33. The summed E-state index contributed by atoms with van der Waals surface area (Å²) in [4.78, 5) is 12.3. The normalized spacial score (nSPS) is 12.1. The monoisotopic (exact) mass is 277 g/mol. The summed E-state index contributed by atoms with van der Waals surface area (Å²) in [5, 5.41) is 27.9. The maximum absolute atomic E-state index is 11.1. The Morgan fingerprint density at radius 2 is 1.89 bits per heavy atom. The lowest BCUT2D eigenvalue weighted by Gasteiger charge is -2.12. The van der Waals surface area contributed by atoms with E-state index in [-0.39, 0.29) is 11.3 Å². The SMILES string of the molecule is O=C(O)c1ccccc1Sc1cccc([NH+]([O-])O)c1. The van der Waals surface area contributed by atoms with Gasteiger partial charge in [-0.25, -0.2) is 10.0 Å². The number of aromatic carboxylic acids is 1. The number of hydrogen-bond acceptors (Lipinski definition) is 4. The topological polar surface area (TPSA) is 85.0 Å². The van der Waals surface area contributed by atoms with E-state index in [0.717, 1.165) is 0 Å². The first-order valence-corrected chi connectivity index (χ1v) is 6.23. The molecule has 0 spiro atoms. The Kier molecular flexibility index (Phi) is 4.18. The van der Waals surface area contributed by atoms with Crippen LogP contribution in [0.2, 0.25) is 0 Å². The Balaban J connectivity index is 2.31. The summed E-state index contributed by atoms with van der Waals surface area (Å²) in [5.41, 5.74) is 0.381. The summed E-state index contributed by atoms with van der Waals surface area (Å²) in [5.74, 6) is -1.00. The Hall–Kier alpha value is -1.86. The second-order valence-corrected chi connectivity index (χ2v) is 4.85. The molecule has 0 radical (unpaired) electrons. The van der Waals surface area contributed by atoms with Gasteiger partial charge in [0.2, 0.25) is 0 Å². The number of carbonyl (C=O) groups is 1. The van der Waals surface area contributed by atoms with Gasteiger partial charge >= 0.3 is 5.97 Å². The van der Waals surface area contributed by atoms with E-state index in [1.807, 2.05) is 0 Å². The highest BCUT2D eigenvalue weighted by Gasteiger charge is 2.11. The zero-order valence-electron chi connectivity index (χ0n) is 9.74. The Morgan fingerprint density at radius 1 is 1.16 bits per heavy atom. The molecule has 3 N–H and O–H groups in total. The van der Waals surface area contributed by atoms with Gasteiger partial charge in [-0.1, -0.05) is 30.0 Å². The number of benzene rings is 2. The van der Waals surface area contributed by atoms with Crippen LogP contribution >= 0.6 is 11.8 Å². The first-order valence-electron chi connectivity index (χ1n) is 5.41. The molecule has 0 amide bonds. The van der Waals surface area contributed by atoms with Gasteiger partial charge < -0.3 is 10.3 Å². The number of hydrogen-bond donors (Lipinski definition) is 3. The number of rotatable bonds is 4. The van der Waals surface area contributed by atoms with Crippen LogP contribution < -0.4 is 5.23 Å². The molecule has 2 aromatic rings. The van der Waals surface area contributed by atoms with E-state index in [2.05, 4.69) is 0 Å². The molecule has 0 fully saturated rings. The predicted molar refractivity (Wildman–Crippen MR) is 69.7 cm³/mol. The van der Waals surface area contributed by atoms with E-state index in [1.165, 1.54) is 30.0 Å². The predicted octanol–water partition coefficient (Wildman–Crippen LogP) is 1.94. The van der Waals surface area contributed by atoms with E-state index in [4.69, 9.17) is 10.3 Å². The van der Waals surface area contributed by atoms with Gasteiger partial charge in [0.1, 0.15) is 0 Å². The van der Waals surface area contributed by atoms with Crippen molar-refractivity contribution >= 4 is 23.4 Å². The highest BCUT2D eigenvalue weighted by molar-refractivity contribution is 7.99.